The van der Waals surface area contributed by atoms with Gasteiger partial charge in [-0.15, -0.1) is 0 Å². The number of nitrogens with two attached hydrogens (primary N) is 1. The van der Waals surface area contributed by atoms with Crippen LogP contribution in [-0.4, -0.2) is 4.98 Å². The van der Waals surface area contributed by atoms with Gasteiger partial charge in [0.1, 0.15) is 0 Å². The van der Waals surface area contributed by atoms with Crippen LogP contribution in [0.25, 0.3) is 6.08 Å². The van der Waals surface area contributed by atoms with Crippen LogP contribution in [-0.2, 0) is 6.42 Å². The van der Waals surface area contributed by atoms with Crippen molar-refractivity contribution in [3.63, 3.8) is 0 Å². The molecule has 0 amide bonds. The van der Waals surface area contributed by atoms with Gasteiger partial charge in [0.2, 0.25) is 0 Å². The number of nitrogen functional groups attached to an aromatic ring is 1. The number of aromatic nitrogens is 1. The Morgan fingerprint density at radius 3 is 2.59 bits per heavy atom. The van der Waals surface area contributed by atoms with E-state index < -0.39 is 0 Å². The minimum absolute atomic E-state index is 0.890. The van der Waals surface area contributed by atoms with Gasteiger partial charge in [0.25, 0.3) is 0 Å². The second-order valence-corrected chi connectivity index (χ2v) is 3.70. The van der Waals surface area contributed by atoms with E-state index in [0.717, 1.165) is 17.8 Å². The van der Waals surface area contributed by atoms with E-state index in [4.69, 9.17) is 5.84 Å². The molecule has 0 spiro atoms. The number of allylic oxidation sites excluding steroid dienone is 1. The summed E-state index contributed by atoms with van der Waals surface area (Å²) >= 11 is 0. The molecular formula is C14H15N3. The van der Waals surface area contributed by atoms with E-state index >= 15 is 0 Å². The van der Waals surface area contributed by atoms with Gasteiger partial charge in [0, 0.05) is 11.9 Å². The van der Waals surface area contributed by atoms with Crippen molar-refractivity contribution in [1.29, 1.82) is 0 Å². The van der Waals surface area contributed by atoms with Gasteiger partial charge in [0.15, 0.2) is 0 Å². The first-order chi connectivity index (χ1) is 8.38. The third-order valence-electron chi connectivity index (χ3n) is 2.45. The zero-order valence-electron chi connectivity index (χ0n) is 9.51. The first kappa shape index (κ1) is 11.4. The van der Waals surface area contributed by atoms with E-state index in [1.54, 1.807) is 6.20 Å². The quantitative estimate of drug-likeness (QED) is 0.621. The SMILES string of the molecule is NNc1ccc(CC=Cc2ccccn2)cc1. The van der Waals surface area contributed by atoms with Crippen LogP contribution in [0.4, 0.5) is 5.69 Å². The molecule has 0 aliphatic carbocycles. The Bertz CT molecular complexity index is 475. The molecule has 0 atom stereocenters. The molecule has 2 rings (SSSR count). The smallest absolute Gasteiger partial charge is 0.0626 e. The predicted molar refractivity (Wildman–Crippen MR) is 71.2 cm³/mol. The number of anilines is 1. The Kier molecular flexibility index (Phi) is 3.89. The summed E-state index contributed by atoms with van der Waals surface area (Å²) in [7, 11) is 0. The van der Waals surface area contributed by atoms with Crippen molar-refractivity contribution in [3.8, 4) is 0 Å². The van der Waals surface area contributed by atoms with Crippen molar-refractivity contribution in [2.45, 2.75) is 6.42 Å². The van der Waals surface area contributed by atoms with Crippen LogP contribution in [0.2, 0.25) is 0 Å². The van der Waals surface area contributed by atoms with Crippen LogP contribution in [0.3, 0.4) is 0 Å². The van der Waals surface area contributed by atoms with Crippen molar-refractivity contribution in [1.82, 2.24) is 4.98 Å². The maximum Gasteiger partial charge on any atom is 0.0626 e. The molecule has 1 aromatic carbocycles. The van der Waals surface area contributed by atoms with E-state index in [-0.39, 0.29) is 0 Å². The topological polar surface area (TPSA) is 50.9 Å². The third kappa shape index (κ3) is 3.43. The summed E-state index contributed by atoms with van der Waals surface area (Å²) in [5, 5.41) is 0. The number of hydrazine groups is 1. The summed E-state index contributed by atoms with van der Waals surface area (Å²) in [6.07, 6.45) is 6.81. The number of nitrogens with zero attached hydrogens (tertiary/aromatic N) is 1. The van der Waals surface area contributed by atoms with E-state index in [0.29, 0.717) is 0 Å². The van der Waals surface area contributed by atoms with E-state index in [1.807, 2.05) is 36.4 Å². The molecule has 0 fully saturated rings. The molecule has 1 aromatic heterocycles. The third-order valence-corrected chi connectivity index (χ3v) is 2.45. The van der Waals surface area contributed by atoms with Gasteiger partial charge in [-0.1, -0.05) is 24.3 Å². The molecule has 0 radical (unpaired) electrons. The number of pyridine rings is 1. The number of hydrogen-bond donors (Lipinski definition) is 2. The molecule has 0 saturated carbocycles. The van der Waals surface area contributed by atoms with Crippen LogP contribution >= 0.6 is 0 Å². The van der Waals surface area contributed by atoms with Crippen LogP contribution in [0.5, 0.6) is 0 Å². The molecule has 0 aliphatic heterocycles. The van der Waals surface area contributed by atoms with Crippen molar-refractivity contribution in [3.05, 3.63) is 66.0 Å². The highest BCUT2D eigenvalue weighted by molar-refractivity contribution is 5.46. The van der Waals surface area contributed by atoms with Gasteiger partial charge < -0.3 is 5.43 Å². The molecular weight excluding hydrogens is 210 g/mol. The zero-order valence-corrected chi connectivity index (χ0v) is 9.51. The normalized spacial score (nSPS) is 10.6. The van der Waals surface area contributed by atoms with Gasteiger partial charge in [-0.3, -0.25) is 10.8 Å². The maximum atomic E-state index is 5.30. The van der Waals surface area contributed by atoms with Crippen molar-refractivity contribution in [2.24, 2.45) is 5.84 Å². The summed E-state index contributed by atoms with van der Waals surface area (Å²) in [6.45, 7) is 0. The Hall–Kier alpha value is -2.13. The highest BCUT2D eigenvalue weighted by Gasteiger charge is 1.91. The fourth-order valence-electron chi connectivity index (χ4n) is 1.53. The zero-order chi connectivity index (χ0) is 11.9. The van der Waals surface area contributed by atoms with Crippen molar-refractivity contribution >= 4 is 11.8 Å². The van der Waals surface area contributed by atoms with E-state index in [2.05, 4.69) is 28.6 Å². The minimum atomic E-state index is 0.890. The second kappa shape index (κ2) is 5.82. The first-order valence-corrected chi connectivity index (χ1v) is 5.51. The molecule has 86 valence electrons. The van der Waals surface area contributed by atoms with Gasteiger partial charge in [-0.25, -0.2) is 0 Å². The lowest BCUT2D eigenvalue weighted by atomic mass is 10.1. The van der Waals surface area contributed by atoms with Gasteiger partial charge in [-0.2, -0.15) is 0 Å². The first-order valence-electron chi connectivity index (χ1n) is 5.51. The summed E-state index contributed by atoms with van der Waals surface area (Å²) in [6, 6.07) is 13.9. The average molecular weight is 225 g/mol. The largest absolute Gasteiger partial charge is 0.324 e. The highest BCUT2D eigenvalue weighted by Crippen LogP contribution is 2.09. The lowest BCUT2D eigenvalue weighted by Gasteiger charge is -2.00. The van der Waals surface area contributed by atoms with Crippen LogP contribution in [0, 0.1) is 0 Å². The molecule has 0 bridgehead atoms. The molecule has 3 heteroatoms. The minimum Gasteiger partial charge on any atom is -0.324 e. The van der Waals surface area contributed by atoms with Crippen LogP contribution in [0.15, 0.2) is 54.7 Å². The molecule has 3 N–H and O–H groups in total. The maximum absolute atomic E-state index is 5.30. The lowest BCUT2D eigenvalue weighted by molar-refractivity contribution is 1.25. The highest BCUT2D eigenvalue weighted by atomic mass is 15.2. The predicted octanol–water partition coefficient (Wildman–Crippen LogP) is 2.62. The monoisotopic (exact) mass is 225 g/mol. The molecule has 2 aromatic rings. The number of rotatable bonds is 4. The average Bonchev–Trinajstić information content (AvgIpc) is 2.41. The van der Waals surface area contributed by atoms with Gasteiger partial charge in [0.05, 0.1) is 5.69 Å². The number of hydrogen-bond acceptors (Lipinski definition) is 3. The molecule has 1 heterocycles. The van der Waals surface area contributed by atoms with Gasteiger partial charge >= 0.3 is 0 Å². The molecule has 0 saturated heterocycles. The summed E-state index contributed by atoms with van der Waals surface area (Å²) in [5.74, 6) is 5.30. The summed E-state index contributed by atoms with van der Waals surface area (Å²) < 4.78 is 0. The van der Waals surface area contributed by atoms with Crippen LogP contribution < -0.4 is 11.3 Å². The Morgan fingerprint density at radius 2 is 1.94 bits per heavy atom. The fraction of sp³-hybridized carbons (Fsp3) is 0.0714. The van der Waals surface area contributed by atoms with Crippen LogP contribution in [0.1, 0.15) is 11.3 Å². The molecule has 0 aliphatic rings. The van der Waals surface area contributed by atoms with E-state index in [1.165, 1.54) is 5.56 Å². The Labute approximate surface area is 101 Å². The Morgan fingerprint density at radius 1 is 1.12 bits per heavy atom. The van der Waals surface area contributed by atoms with Gasteiger partial charge in [-0.05, 0) is 42.3 Å². The van der Waals surface area contributed by atoms with Crippen molar-refractivity contribution < 1.29 is 0 Å². The Balaban J connectivity index is 1.95. The summed E-state index contributed by atoms with van der Waals surface area (Å²) in [5.41, 5.74) is 5.75. The molecule has 0 unspecified atom stereocenters. The summed E-state index contributed by atoms with van der Waals surface area (Å²) in [4.78, 5) is 4.22. The number of nitrogens with one attached hydrogen (secondary N) is 1. The van der Waals surface area contributed by atoms with Crippen molar-refractivity contribution in [2.75, 3.05) is 5.43 Å². The fourth-order valence-corrected chi connectivity index (χ4v) is 1.53. The lowest BCUT2D eigenvalue weighted by Crippen LogP contribution is -2.06. The standard InChI is InChI=1S/C14H15N3/c15-17-14-9-7-12(8-10-14)4-3-6-13-5-1-2-11-16-13/h1-3,5-11,17H,4,15H2. The second-order valence-electron chi connectivity index (χ2n) is 3.70. The molecule has 17 heavy (non-hydrogen) atoms. The molecule has 3 nitrogen and oxygen atoms in total. The van der Waals surface area contributed by atoms with E-state index in [9.17, 15) is 0 Å². The number of benzene rings is 1.